The summed E-state index contributed by atoms with van der Waals surface area (Å²) in [6, 6.07) is 51.1. The van der Waals surface area contributed by atoms with Gasteiger partial charge in [-0.1, -0.05) is 156 Å². The van der Waals surface area contributed by atoms with Gasteiger partial charge < -0.3 is 9.57 Å². The van der Waals surface area contributed by atoms with E-state index in [1.807, 2.05) is 146 Å². The zero-order valence-electron chi connectivity index (χ0n) is 29.1. The summed E-state index contributed by atoms with van der Waals surface area (Å²) in [6.07, 6.45) is 0.391. The summed E-state index contributed by atoms with van der Waals surface area (Å²) >= 11 is 1.08. The van der Waals surface area contributed by atoms with Crippen LogP contribution in [-0.4, -0.2) is 40.2 Å². The molecule has 1 saturated heterocycles. The number of rotatable bonds is 13. The third-order valence-corrected chi connectivity index (χ3v) is 10.3. The number of nitrogens with zero attached hydrogens (tertiary/aromatic N) is 2. The number of hydrogen-bond donors (Lipinski definition) is 0. The van der Waals surface area contributed by atoms with Crippen LogP contribution in [-0.2, 0) is 21.6 Å². The van der Waals surface area contributed by atoms with Gasteiger partial charge in [0.2, 0.25) is 5.91 Å². The van der Waals surface area contributed by atoms with Crippen molar-refractivity contribution in [1.29, 1.82) is 0 Å². The van der Waals surface area contributed by atoms with Gasteiger partial charge >= 0.3 is 0 Å². The molecule has 6 aromatic carbocycles. The number of hydrogen-bond acceptors (Lipinski definition) is 6. The average Bonchev–Trinajstić information content (AvgIpc) is 3.48. The number of carbonyl (C=O) groups excluding carboxylic acids is 2. The Morgan fingerprint density at radius 1 is 0.679 bits per heavy atom. The molecule has 7 rings (SSSR count). The Morgan fingerprint density at radius 3 is 1.72 bits per heavy atom. The molecular weight excluding hydrogens is 684 g/mol. The fourth-order valence-electron chi connectivity index (χ4n) is 6.69. The van der Waals surface area contributed by atoms with Gasteiger partial charge in [-0.05, 0) is 76.6 Å². The van der Waals surface area contributed by atoms with Gasteiger partial charge in [0.15, 0.2) is 6.61 Å². The second-order valence-electron chi connectivity index (χ2n) is 12.6. The van der Waals surface area contributed by atoms with Gasteiger partial charge in [0, 0.05) is 0 Å². The van der Waals surface area contributed by atoms with Crippen LogP contribution in [0.15, 0.2) is 169 Å². The molecule has 0 saturated carbocycles. The molecule has 1 aliphatic heterocycles. The lowest BCUT2D eigenvalue weighted by Crippen LogP contribution is -2.51. The maximum atomic E-state index is 14.4. The van der Waals surface area contributed by atoms with E-state index in [9.17, 15) is 14.0 Å². The largest absolute Gasteiger partial charge is 0.490 e. The number of benzene rings is 6. The van der Waals surface area contributed by atoms with Gasteiger partial charge in [0.05, 0.1) is 11.0 Å². The van der Waals surface area contributed by atoms with E-state index in [0.717, 1.165) is 56.4 Å². The molecule has 0 radical (unpaired) electrons. The smallest absolute Gasteiger partial charge is 0.290 e. The molecule has 2 amide bonds. The normalized spacial score (nSPS) is 14.7. The molecule has 0 aliphatic carbocycles. The minimum Gasteiger partial charge on any atom is -0.490 e. The second kappa shape index (κ2) is 16.1. The average molecular weight is 721 g/mol. The highest BCUT2D eigenvalue weighted by Gasteiger charge is 2.53. The van der Waals surface area contributed by atoms with Crippen LogP contribution >= 0.6 is 11.8 Å². The Hall–Kier alpha value is -5.99. The predicted octanol–water partition coefficient (Wildman–Crippen LogP) is 9.91. The molecule has 264 valence electrons. The molecule has 1 fully saturated rings. The van der Waals surface area contributed by atoms with Crippen LogP contribution in [0, 0.1) is 5.82 Å². The third kappa shape index (κ3) is 7.64. The fourth-order valence-corrected chi connectivity index (χ4v) is 7.75. The number of halogens is 1. The molecule has 0 N–H and O–H groups in total. The summed E-state index contributed by atoms with van der Waals surface area (Å²) in [7, 11) is 0. The first kappa shape index (κ1) is 35.4. The van der Waals surface area contributed by atoms with E-state index in [0.29, 0.717) is 18.8 Å². The lowest BCUT2D eigenvalue weighted by Gasteiger charge is -2.42. The molecule has 1 unspecified atom stereocenters. The second-order valence-corrected chi connectivity index (χ2v) is 13.8. The molecule has 1 heterocycles. The van der Waals surface area contributed by atoms with Gasteiger partial charge in [0.1, 0.15) is 23.7 Å². The zero-order chi connectivity index (χ0) is 36.6. The first-order valence-corrected chi connectivity index (χ1v) is 18.3. The number of ether oxygens (including phenoxy) is 1. The van der Waals surface area contributed by atoms with Crippen LogP contribution in [0.4, 0.5) is 9.18 Å². The Morgan fingerprint density at radius 2 is 1.19 bits per heavy atom. The quantitative estimate of drug-likeness (QED) is 0.0514. The SMILES string of the molecule is CC(=NOCCOc1ccc(CC2SC(=O)N(C(c3ccccc3)(c3ccccc3)c3ccccc3)C2=O)cc1)c1ccc(-c2ccc(F)cc2)cc1. The van der Waals surface area contributed by atoms with Crippen molar-refractivity contribution in [1.82, 2.24) is 4.90 Å². The van der Waals surface area contributed by atoms with Crippen LogP contribution in [0.5, 0.6) is 5.75 Å². The fraction of sp³-hybridized carbons (Fsp3) is 0.133. The van der Waals surface area contributed by atoms with E-state index in [4.69, 9.17) is 9.57 Å². The van der Waals surface area contributed by atoms with E-state index < -0.39 is 10.8 Å². The first-order valence-electron chi connectivity index (χ1n) is 17.4. The summed E-state index contributed by atoms with van der Waals surface area (Å²) in [5.41, 5.74) is 5.86. The highest BCUT2D eigenvalue weighted by atomic mass is 32.2. The number of oxime groups is 1. The van der Waals surface area contributed by atoms with Crippen LogP contribution in [0.2, 0.25) is 0 Å². The maximum Gasteiger partial charge on any atom is 0.290 e. The molecule has 53 heavy (non-hydrogen) atoms. The number of carbonyl (C=O) groups is 2. The van der Waals surface area contributed by atoms with Crippen LogP contribution in [0.25, 0.3) is 11.1 Å². The number of imide groups is 1. The summed E-state index contributed by atoms with van der Waals surface area (Å²) in [5.74, 6) is 0.172. The van der Waals surface area contributed by atoms with Crippen molar-refractivity contribution in [2.45, 2.75) is 24.1 Å². The number of amides is 2. The molecule has 0 aromatic heterocycles. The van der Waals surface area contributed by atoms with Gasteiger partial charge in [-0.15, -0.1) is 0 Å². The highest BCUT2D eigenvalue weighted by molar-refractivity contribution is 8.15. The molecule has 6 nitrogen and oxygen atoms in total. The Labute approximate surface area is 312 Å². The summed E-state index contributed by atoms with van der Waals surface area (Å²) in [4.78, 5) is 35.4. The van der Waals surface area contributed by atoms with E-state index >= 15 is 0 Å². The Bertz CT molecular complexity index is 2080. The van der Waals surface area contributed by atoms with Crippen molar-refractivity contribution >= 4 is 28.6 Å². The molecule has 8 heteroatoms. The van der Waals surface area contributed by atoms with E-state index in [2.05, 4.69) is 5.16 Å². The van der Waals surface area contributed by atoms with Crippen molar-refractivity contribution in [2.24, 2.45) is 5.16 Å². The molecule has 0 spiro atoms. The van der Waals surface area contributed by atoms with Crippen molar-refractivity contribution in [3.05, 3.63) is 197 Å². The number of thioether (sulfide) groups is 1. The molecule has 1 aliphatic rings. The minimum absolute atomic E-state index is 0.228. The zero-order valence-corrected chi connectivity index (χ0v) is 29.9. The Kier molecular flexibility index (Phi) is 10.8. The monoisotopic (exact) mass is 720 g/mol. The summed E-state index contributed by atoms with van der Waals surface area (Å²) < 4.78 is 19.1. The van der Waals surface area contributed by atoms with Crippen LogP contribution < -0.4 is 4.74 Å². The Balaban J connectivity index is 0.983. The standard InChI is InChI=1S/C45H37FN2O4S/c1-32(34-19-21-35(22-20-34)36-23-25-40(46)26-24-36)47-52-30-29-51-41-27-17-33(18-28-41)31-42-43(49)48(44(50)53-42)45(37-11-5-2-6-12-37,38-13-7-3-8-14-38)39-15-9-4-10-16-39/h2-28,42H,29-31H2,1H3. The highest BCUT2D eigenvalue weighted by Crippen LogP contribution is 2.47. The molecular formula is C45H37FN2O4S. The van der Waals surface area contributed by atoms with Crippen molar-refractivity contribution in [3.63, 3.8) is 0 Å². The summed E-state index contributed by atoms with van der Waals surface area (Å²) in [5, 5.41) is 3.36. The van der Waals surface area contributed by atoms with E-state index in [1.54, 1.807) is 12.1 Å². The van der Waals surface area contributed by atoms with Crippen molar-refractivity contribution in [3.8, 4) is 16.9 Å². The van der Waals surface area contributed by atoms with Crippen LogP contribution in [0.1, 0.15) is 34.7 Å². The van der Waals surface area contributed by atoms with Crippen molar-refractivity contribution in [2.75, 3.05) is 13.2 Å². The molecule has 0 bridgehead atoms. The third-order valence-electron chi connectivity index (χ3n) is 9.30. The van der Waals surface area contributed by atoms with Gasteiger partial charge in [0.25, 0.3) is 5.24 Å². The molecule has 6 aromatic rings. The lowest BCUT2D eigenvalue weighted by molar-refractivity contribution is -0.129. The predicted molar refractivity (Wildman–Crippen MR) is 208 cm³/mol. The van der Waals surface area contributed by atoms with E-state index in [1.165, 1.54) is 17.0 Å². The molecule has 1 atom stereocenters. The lowest BCUT2D eigenvalue weighted by atomic mass is 9.75. The van der Waals surface area contributed by atoms with Gasteiger partial charge in [-0.2, -0.15) is 0 Å². The van der Waals surface area contributed by atoms with Crippen LogP contribution in [0.3, 0.4) is 0 Å². The maximum absolute atomic E-state index is 14.4. The van der Waals surface area contributed by atoms with Gasteiger partial charge in [-0.25, -0.2) is 4.39 Å². The van der Waals surface area contributed by atoms with Crippen molar-refractivity contribution < 1.29 is 23.6 Å². The first-order chi connectivity index (χ1) is 25.9. The van der Waals surface area contributed by atoms with Gasteiger partial charge in [-0.3, -0.25) is 14.5 Å². The topological polar surface area (TPSA) is 68.2 Å². The summed E-state index contributed by atoms with van der Waals surface area (Å²) in [6.45, 7) is 2.42. The minimum atomic E-state index is -1.14. The van der Waals surface area contributed by atoms with E-state index in [-0.39, 0.29) is 23.6 Å².